The molecule has 0 fully saturated rings. The molecule has 1 aromatic rings. The van der Waals surface area contributed by atoms with Gasteiger partial charge in [-0.2, -0.15) is 0 Å². The molecule has 0 aliphatic carbocycles. The normalized spacial score (nSPS) is 12.5. The van der Waals surface area contributed by atoms with Crippen LogP contribution in [0.1, 0.15) is 52.6 Å². The van der Waals surface area contributed by atoms with Crippen molar-refractivity contribution in [3.8, 4) is 5.75 Å². The van der Waals surface area contributed by atoms with Crippen LogP contribution in [0.5, 0.6) is 5.75 Å². The van der Waals surface area contributed by atoms with E-state index in [4.69, 9.17) is 4.74 Å². The average Bonchev–Trinajstić information content (AvgIpc) is 2.37. The number of nitrogens with one attached hydrogen (secondary N) is 2. The Bertz CT molecular complexity index is 444. The fourth-order valence-electron chi connectivity index (χ4n) is 2.07. The molecule has 0 aromatic heterocycles. The number of carbonyl (C=O) groups excluding carboxylic acids is 1. The summed E-state index contributed by atoms with van der Waals surface area (Å²) in [5.41, 5.74) is 1.01. The largest absolute Gasteiger partial charge is 0.491 e. The third-order valence-corrected chi connectivity index (χ3v) is 3.03. The second kappa shape index (κ2) is 8.67. The van der Waals surface area contributed by atoms with Crippen LogP contribution in [0, 0.1) is 0 Å². The van der Waals surface area contributed by atoms with Crippen LogP contribution in [0.25, 0.3) is 0 Å². The lowest BCUT2D eigenvalue weighted by Crippen LogP contribution is -2.32. The molecule has 0 aliphatic heterocycles. The standard InChI is InChI=1S/C17H28N2O2/c1-12(2)18-11-10-17(20)19-14(5)15-8-6-7-9-16(15)21-13(3)4/h6-9,12-14,18H,10-11H2,1-5H3,(H,19,20). The van der Waals surface area contributed by atoms with Crippen LogP contribution in [-0.4, -0.2) is 24.6 Å². The minimum Gasteiger partial charge on any atom is -0.491 e. The highest BCUT2D eigenvalue weighted by molar-refractivity contribution is 5.76. The van der Waals surface area contributed by atoms with Gasteiger partial charge in [0.2, 0.25) is 5.91 Å². The number of hydrogen-bond acceptors (Lipinski definition) is 3. The molecule has 0 heterocycles. The first-order valence-corrected chi connectivity index (χ1v) is 7.68. The van der Waals surface area contributed by atoms with Crippen LogP contribution in [0.2, 0.25) is 0 Å². The van der Waals surface area contributed by atoms with E-state index in [1.54, 1.807) is 0 Å². The predicted octanol–water partition coefficient (Wildman–Crippen LogP) is 3.04. The van der Waals surface area contributed by atoms with Gasteiger partial charge in [-0.25, -0.2) is 0 Å². The Morgan fingerprint density at radius 3 is 2.43 bits per heavy atom. The van der Waals surface area contributed by atoms with Crippen molar-refractivity contribution in [2.75, 3.05) is 6.54 Å². The van der Waals surface area contributed by atoms with Crippen LogP contribution < -0.4 is 15.4 Å². The van der Waals surface area contributed by atoms with Gasteiger partial charge in [0.15, 0.2) is 0 Å². The highest BCUT2D eigenvalue weighted by atomic mass is 16.5. The van der Waals surface area contributed by atoms with Crippen LogP contribution in [0.15, 0.2) is 24.3 Å². The zero-order valence-corrected chi connectivity index (χ0v) is 13.8. The van der Waals surface area contributed by atoms with Gasteiger partial charge in [0, 0.05) is 24.6 Å². The van der Waals surface area contributed by atoms with Crippen molar-refractivity contribution in [3.05, 3.63) is 29.8 Å². The van der Waals surface area contributed by atoms with Gasteiger partial charge < -0.3 is 15.4 Å². The van der Waals surface area contributed by atoms with E-state index in [9.17, 15) is 4.79 Å². The van der Waals surface area contributed by atoms with Gasteiger partial charge in [0.1, 0.15) is 5.75 Å². The van der Waals surface area contributed by atoms with Gasteiger partial charge in [-0.3, -0.25) is 4.79 Å². The van der Waals surface area contributed by atoms with E-state index in [1.165, 1.54) is 0 Å². The molecule has 4 heteroatoms. The smallest absolute Gasteiger partial charge is 0.221 e. The van der Waals surface area contributed by atoms with Gasteiger partial charge in [0.25, 0.3) is 0 Å². The summed E-state index contributed by atoms with van der Waals surface area (Å²) in [5.74, 6) is 0.885. The fourth-order valence-corrected chi connectivity index (χ4v) is 2.07. The SMILES string of the molecule is CC(C)NCCC(=O)NC(C)c1ccccc1OC(C)C. The van der Waals surface area contributed by atoms with E-state index >= 15 is 0 Å². The Morgan fingerprint density at radius 1 is 1.14 bits per heavy atom. The summed E-state index contributed by atoms with van der Waals surface area (Å²) >= 11 is 0. The van der Waals surface area contributed by atoms with Gasteiger partial charge in [-0.1, -0.05) is 32.0 Å². The minimum atomic E-state index is -0.0634. The Hall–Kier alpha value is -1.55. The Morgan fingerprint density at radius 2 is 1.81 bits per heavy atom. The molecule has 1 amide bonds. The number of para-hydroxylation sites is 1. The van der Waals surface area contributed by atoms with E-state index in [0.29, 0.717) is 19.0 Å². The van der Waals surface area contributed by atoms with Crippen molar-refractivity contribution >= 4 is 5.91 Å². The summed E-state index contributed by atoms with van der Waals surface area (Å²) in [6, 6.07) is 8.18. The lowest BCUT2D eigenvalue weighted by atomic mass is 10.1. The van der Waals surface area contributed by atoms with Crippen molar-refractivity contribution < 1.29 is 9.53 Å². The van der Waals surface area contributed by atoms with Crippen LogP contribution >= 0.6 is 0 Å². The van der Waals surface area contributed by atoms with Gasteiger partial charge in [-0.15, -0.1) is 0 Å². The second-order valence-electron chi connectivity index (χ2n) is 5.85. The topological polar surface area (TPSA) is 50.4 Å². The molecule has 1 atom stereocenters. The maximum atomic E-state index is 11.9. The molecule has 1 rings (SSSR count). The first-order valence-electron chi connectivity index (χ1n) is 7.68. The van der Waals surface area contributed by atoms with E-state index in [-0.39, 0.29) is 18.1 Å². The summed E-state index contributed by atoms with van der Waals surface area (Å²) in [6.07, 6.45) is 0.597. The number of amides is 1. The van der Waals surface area contributed by atoms with Crippen molar-refractivity contribution in [3.63, 3.8) is 0 Å². The van der Waals surface area contributed by atoms with Crippen LogP contribution in [0.3, 0.4) is 0 Å². The number of carbonyl (C=O) groups is 1. The molecule has 1 aromatic carbocycles. The number of rotatable bonds is 8. The first-order chi connectivity index (χ1) is 9.90. The number of benzene rings is 1. The third-order valence-electron chi connectivity index (χ3n) is 3.03. The zero-order chi connectivity index (χ0) is 15.8. The molecule has 0 saturated heterocycles. The van der Waals surface area contributed by atoms with Gasteiger partial charge >= 0.3 is 0 Å². The average molecular weight is 292 g/mol. The van der Waals surface area contributed by atoms with E-state index in [2.05, 4.69) is 24.5 Å². The van der Waals surface area contributed by atoms with Crippen LogP contribution in [0.4, 0.5) is 0 Å². The first kappa shape index (κ1) is 17.5. The molecule has 118 valence electrons. The highest BCUT2D eigenvalue weighted by Crippen LogP contribution is 2.25. The fraction of sp³-hybridized carbons (Fsp3) is 0.588. The maximum Gasteiger partial charge on any atom is 0.221 e. The van der Waals surface area contributed by atoms with Crippen molar-refractivity contribution in [2.45, 2.75) is 59.2 Å². The molecule has 0 spiro atoms. The van der Waals surface area contributed by atoms with E-state index in [1.807, 2.05) is 45.0 Å². The number of hydrogen-bond donors (Lipinski definition) is 2. The second-order valence-corrected chi connectivity index (χ2v) is 5.85. The molecule has 21 heavy (non-hydrogen) atoms. The van der Waals surface area contributed by atoms with Crippen molar-refractivity contribution in [1.29, 1.82) is 0 Å². The molecule has 0 radical (unpaired) electrons. The lowest BCUT2D eigenvalue weighted by Gasteiger charge is -2.20. The number of ether oxygens (including phenoxy) is 1. The molecule has 2 N–H and O–H groups in total. The molecule has 1 unspecified atom stereocenters. The molecule has 4 nitrogen and oxygen atoms in total. The molecular formula is C17H28N2O2. The van der Waals surface area contributed by atoms with Crippen LogP contribution in [-0.2, 0) is 4.79 Å². The quantitative estimate of drug-likeness (QED) is 0.774. The van der Waals surface area contributed by atoms with Gasteiger partial charge in [0.05, 0.1) is 12.1 Å². The Balaban J connectivity index is 2.58. The summed E-state index contributed by atoms with van der Waals surface area (Å²) < 4.78 is 5.80. The van der Waals surface area contributed by atoms with E-state index < -0.39 is 0 Å². The maximum absolute atomic E-state index is 11.9. The summed E-state index contributed by atoms with van der Waals surface area (Å²) in [5, 5.41) is 6.27. The molecule has 0 saturated carbocycles. The Labute approximate surface area is 128 Å². The zero-order valence-electron chi connectivity index (χ0n) is 13.8. The van der Waals surface area contributed by atoms with Gasteiger partial charge in [-0.05, 0) is 26.8 Å². The Kier molecular flexibility index (Phi) is 7.23. The monoisotopic (exact) mass is 292 g/mol. The lowest BCUT2D eigenvalue weighted by molar-refractivity contribution is -0.121. The minimum absolute atomic E-state index is 0.0509. The molecular weight excluding hydrogens is 264 g/mol. The van der Waals surface area contributed by atoms with E-state index in [0.717, 1.165) is 11.3 Å². The van der Waals surface area contributed by atoms with Crippen molar-refractivity contribution in [2.24, 2.45) is 0 Å². The molecule has 0 bridgehead atoms. The summed E-state index contributed by atoms with van der Waals surface area (Å²) in [7, 11) is 0. The van der Waals surface area contributed by atoms with Crippen molar-refractivity contribution in [1.82, 2.24) is 10.6 Å². The highest BCUT2D eigenvalue weighted by Gasteiger charge is 2.14. The third kappa shape index (κ3) is 6.63. The summed E-state index contributed by atoms with van der Waals surface area (Å²) in [4.78, 5) is 11.9. The summed E-state index contributed by atoms with van der Waals surface area (Å²) in [6.45, 7) is 10.8. The predicted molar refractivity (Wildman–Crippen MR) is 86.5 cm³/mol. The molecule has 0 aliphatic rings.